The van der Waals surface area contributed by atoms with Gasteiger partial charge in [0.15, 0.2) is 0 Å². The van der Waals surface area contributed by atoms with Crippen LogP contribution in [0.25, 0.3) is 0 Å². The van der Waals surface area contributed by atoms with Gasteiger partial charge in [-0.3, -0.25) is 0 Å². The van der Waals surface area contributed by atoms with Gasteiger partial charge in [0.1, 0.15) is 0 Å². The number of hydrogen-bond acceptors (Lipinski definition) is 0. The average Bonchev–Trinajstić information content (AvgIpc) is 1.76. The van der Waals surface area contributed by atoms with E-state index in [-0.39, 0.29) is 40.0 Å². The van der Waals surface area contributed by atoms with Gasteiger partial charge in [-0.05, 0) is 0 Å². The Kier molecular flexibility index (Phi) is 9.79. The molecule has 0 aliphatic rings. The Morgan fingerprint density at radius 1 is 1.43 bits per heavy atom. The van der Waals surface area contributed by atoms with Gasteiger partial charge in [-0.1, -0.05) is 0 Å². The third-order valence-electron chi connectivity index (χ3n) is 0.442. The van der Waals surface area contributed by atoms with E-state index in [2.05, 4.69) is 11.1 Å². The number of hydrogen-bond donors (Lipinski definition) is 1. The van der Waals surface area contributed by atoms with Crippen molar-refractivity contribution in [3.63, 3.8) is 0 Å². The molecule has 1 rings (SSSR count). The zero-order chi connectivity index (χ0) is 3.54. The van der Waals surface area contributed by atoms with Crippen LogP contribution in [0.4, 0.5) is 0 Å². The van der Waals surface area contributed by atoms with Gasteiger partial charge in [-0.25, -0.2) is 12.1 Å². The van der Waals surface area contributed by atoms with E-state index in [1.54, 1.807) is 6.20 Å². The number of aromatic nitrogens is 1. The van der Waals surface area contributed by atoms with Gasteiger partial charge in [0, 0.05) is 0 Å². The summed E-state index contributed by atoms with van der Waals surface area (Å²) in [5.41, 5.74) is 0. The molecular formula is C4H4BrMgN. The van der Waals surface area contributed by atoms with Crippen LogP contribution in [0.2, 0.25) is 0 Å². The molecule has 0 saturated heterocycles. The first-order valence-electron chi connectivity index (χ1n) is 1.49. The Labute approximate surface area is 69.4 Å². The number of halogens is 1. The number of aromatic amines is 1. The molecule has 0 atom stereocenters. The molecule has 1 aromatic heterocycles. The fraction of sp³-hybridized carbons (Fsp3) is 0. The fourth-order valence-electron chi connectivity index (χ4n) is 0.241. The molecule has 0 aromatic carbocycles. The molecule has 0 fully saturated rings. The van der Waals surface area contributed by atoms with Gasteiger partial charge < -0.3 is 22.0 Å². The predicted molar refractivity (Wildman–Crippen MR) is 25.4 cm³/mol. The Balaban J connectivity index is 0. The van der Waals surface area contributed by atoms with Crippen molar-refractivity contribution in [1.29, 1.82) is 0 Å². The van der Waals surface area contributed by atoms with Gasteiger partial charge in [-0.15, -0.1) is 12.4 Å². The summed E-state index contributed by atoms with van der Waals surface area (Å²) < 4.78 is 0. The number of H-pyrrole nitrogens is 1. The second-order valence-electron chi connectivity index (χ2n) is 0.811. The number of nitrogens with one attached hydrogen (secondary N) is 1. The van der Waals surface area contributed by atoms with Gasteiger partial charge in [0.25, 0.3) is 0 Å². The van der Waals surface area contributed by atoms with E-state index in [1.165, 1.54) is 0 Å². The van der Waals surface area contributed by atoms with Crippen LogP contribution in [0, 0.1) is 6.07 Å². The summed E-state index contributed by atoms with van der Waals surface area (Å²) in [6.45, 7) is 0. The first kappa shape index (κ1) is 10.5. The molecule has 1 heterocycles. The SMILES string of the molecule is [Br-].[Mg+2].[c-]1cc[nH]c1. The van der Waals surface area contributed by atoms with Crippen LogP contribution in [0.15, 0.2) is 18.5 Å². The van der Waals surface area contributed by atoms with Crippen LogP contribution < -0.4 is 17.0 Å². The second-order valence-corrected chi connectivity index (χ2v) is 0.811. The third kappa shape index (κ3) is 4.38. The Hall–Kier alpha value is 0.526. The fourth-order valence-corrected chi connectivity index (χ4v) is 0.241. The maximum atomic E-state index is 2.81. The van der Waals surface area contributed by atoms with Crippen LogP contribution in [0.3, 0.4) is 0 Å². The molecule has 0 bridgehead atoms. The van der Waals surface area contributed by atoms with Crippen molar-refractivity contribution in [2.75, 3.05) is 0 Å². The molecule has 0 spiro atoms. The molecule has 0 aliphatic heterocycles. The van der Waals surface area contributed by atoms with Crippen molar-refractivity contribution in [2.24, 2.45) is 0 Å². The summed E-state index contributed by atoms with van der Waals surface area (Å²) in [5, 5.41) is 0. The molecule has 3 heteroatoms. The Morgan fingerprint density at radius 2 is 2.14 bits per heavy atom. The summed E-state index contributed by atoms with van der Waals surface area (Å²) in [7, 11) is 0. The minimum absolute atomic E-state index is 0. The van der Waals surface area contributed by atoms with Crippen LogP contribution in [-0.4, -0.2) is 28.0 Å². The Bertz CT molecular complexity index is 68.2. The minimum Gasteiger partial charge on any atom is -1.00 e. The van der Waals surface area contributed by atoms with Crippen LogP contribution in [0.1, 0.15) is 0 Å². The second kappa shape index (κ2) is 6.53. The number of rotatable bonds is 0. The molecular weight excluding hydrogens is 166 g/mol. The van der Waals surface area contributed by atoms with Crippen molar-refractivity contribution in [2.45, 2.75) is 0 Å². The summed E-state index contributed by atoms with van der Waals surface area (Å²) >= 11 is 0. The summed E-state index contributed by atoms with van der Waals surface area (Å²) in [4.78, 5) is 2.81. The molecule has 1 N–H and O–H groups in total. The monoisotopic (exact) mass is 169 g/mol. The minimum atomic E-state index is 0. The third-order valence-corrected chi connectivity index (χ3v) is 0.442. The van der Waals surface area contributed by atoms with Gasteiger partial charge >= 0.3 is 23.1 Å². The van der Waals surface area contributed by atoms with Gasteiger partial charge in [0.05, 0.1) is 0 Å². The molecule has 7 heavy (non-hydrogen) atoms. The average molecular weight is 170 g/mol. The van der Waals surface area contributed by atoms with E-state index < -0.39 is 0 Å². The largest absolute Gasteiger partial charge is 2.00 e. The standard InChI is InChI=1S/C4H4N.BrH.Mg/c1-2-4-5-3-1;;/h1,3-5H;1H;/q-1;;+2/p-1. The van der Waals surface area contributed by atoms with Crippen LogP contribution >= 0.6 is 0 Å². The quantitative estimate of drug-likeness (QED) is 0.326. The van der Waals surface area contributed by atoms with Crippen molar-refractivity contribution in [1.82, 2.24) is 4.98 Å². The predicted octanol–water partition coefficient (Wildman–Crippen LogP) is -2.56. The van der Waals surface area contributed by atoms with E-state index in [0.717, 1.165) is 0 Å². The summed E-state index contributed by atoms with van der Waals surface area (Å²) in [5.74, 6) is 0. The first-order valence-corrected chi connectivity index (χ1v) is 1.49. The van der Waals surface area contributed by atoms with Gasteiger partial charge in [-0.2, -0.15) is 0 Å². The van der Waals surface area contributed by atoms with E-state index in [9.17, 15) is 0 Å². The molecule has 1 nitrogen and oxygen atoms in total. The molecule has 0 saturated carbocycles. The topological polar surface area (TPSA) is 15.8 Å². The van der Waals surface area contributed by atoms with E-state index in [4.69, 9.17) is 0 Å². The summed E-state index contributed by atoms with van der Waals surface area (Å²) in [6, 6.07) is 4.62. The van der Waals surface area contributed by atoms with Crippen molar-refractivity contribution < 1.29 is 17.0 Å². The zero-order valence-electron chi connectivity index (χ0n) is 3.82. The van der Waals surface area contributed by atoms with Crippen molar-refractivity contribution in [3.8, 4) is 0 Å². The van der Waals surface area contributed by atoms with E-state index in [0.29, 0.717) is 0 Å². The Morgan fingerprint density at radius 3 is 2.29 bits per heavy atom. The first-order chi connectivity index (χ1) is 2.50. The summed E-state index contributed by atoms with van der Waals surface area (Å²) in [6.07, 6.45) is 3.57. The van der Waals surface area contributed by atoms with Crippen LogP contribution in [0.5, 0.6) is 0 Å². The maximum Gasteiger partial charge on any atom is 2.00 e. The van der Waals surface area contributed by atoms with E-state index in [1.807, 2.05) is 12.3 Å². The smallest absolute Gasteiger partial charge is 1.00 e. The molecule has 0 radical (unpaired) electrons. The van der Waals surface area contributed by atoms with Crippen molar-refractivity contribution in [3.05, 3.63) is 24.5 Å². The maximum absolute atomic E-state index is 2.81. The van der Waals surface area contributed by atoms with Gasteiger partial charge in [0.2, 0.25) is 0 Å². The molecule has 1 aromatic rings. The molecule has 0 amide bonds. The molecule has 0 aliphatic carbocycles. The van der Waals surface area contributed by atoms with E-state index >= 15 is 0 Å². The molecule has 0 unspecified atom stereocenters. The zero-order valence-corrected chi connectivity index (χ0v) is 6.82. The van der Waals surface area contributed by atoms with Crippen molar-refractivity contribution >= 4 is 23.1 Å². The normalized spacial score (nSPS) is 5.71. The van der Waals surface area contributed by atoms with Crippen LogP contribution in [-0.2, 0) is 0 Å². The molecule has 34 valence electrons.